The molecule has 5 rings (SSSR count). The molecule has 3 fully saturated rings. The fourth-order valence-corrected chi connectivity index (χ4v) is 6.95. The number of benzene rings is 2. The van der Waals surface area contributed by atoms with Crippen molar-refractivity contribution in [2.45, 2.75) is 70.1 Å². The van der Waals surface area contributed by atoms with Gasteiger partial charge in [0.15, 0.2) is 0 Å². The Morgan fingerprint density at radius 2 is 1.63 bits per heavy atom. The largest absolute Gasteiger partial charge is 0.492 e. The summed E-state index contributed by atoms with van der Waals surface area (Å²) < 4.78 is 22.3. The van der Waals surface area contributed by atoms with Gasteiger partial charge in [-0.2, -0.15) is 0 Å². The van der Waals surface area contributed by atoms with Crippen molar-refractivity contribution in [2.75, 3.05) is 65.7 Å². The van der Waals surface area contributed by atoms with Gasteiger partial charge in [-0.25, -0.2) is 9.59 Å². The van der Waals surface area contributed by atoms with E-state index in [0.29, 0.717) is 51.8 Å². The van der Waals surface area contributed by atoms with Crippen molar-refractivity contribution in [2.24, 2.45) is 5.92 Å². The Bertz CT molecular complexity index is 1460. The Morgan fingerprint density at radius 1 is 0.902 bits per heavy atom. The number of piperidine rings is 2. The number of nitrogens with one attached hydrogen (secondary N) is 3. The van der Waals surface area contributed by atoms with Crippen molar-refractivity contribution in [3.8, 4) is 5.75 Å². The lowest BCUT2D eigenvalue weighted by molar-refractivity contribution is -0.139. The summed E-state index contributed by atoms with van der Waals surface area (Å²) in [6.07, 6.45) is 2.14. The minimum Gasteiger partial charge on any atom is -0.492 e. The van der Waals surface area contributed by atoms with Gasteiger partial charge in [0, 0.05) is 45.1 Å². The monoisotopic (exact) mass is 707 g/mol. The normalized spacial score (nSPS) is 20.1. The van der Waals surface area contributed by atoms with E-state index in [4.69, 9.17) is 18.9 Å². The van der Waals surface area contributed by atoms with E-state index >= 15 is 0 Å². The summed E-state index contributed by atoms with van der Waals surface area (Å²) in [5, 5.41) is 8.46. The summed E-state index contributed by atoms with van der Waals surface area (Å²) in [7, 11) is 0. The number of urea groups is 1. The molecule has 0 saturated carbocycles. The third-order valence-electron chi connectivity index (χ3n) is 9.33. The summed E-state index contributed by atoms with van der Waals surface area (Å²) in [5.74, 6) is 0.939. The van der Waals surface area contributed by atoms with Crippen LogP contribution < -0.4 is 20.7 Å². The second-order valence-electron chi connectivity index (χ2n) is 14.3. The molecule has 0 aliphatic carbocycles. The van der Waals surface area contributed by atoms with Gasteiger partial charge < -0.3 is 44.7 Å². The van der Waals surface area contributed by atoms with Crippen molar-refractivity contribution >= 4 is 23.9 Å². The van der Waals surface area contributed by atoms with Crippen LogP contribution in [0.4, 0.5) is 9.59 Å². The topological polar surface area (TPSA) is 148 Å². The number of fused-ring (bicyclic) bond motifs is 1. The minimum atomic E-state index is -0.559. The van der Waals surface area contributed by atoms with Crippen LogP contribution in [0.5, 0.6) is 5.75 Å². The van der Waals surface area contributed by atoms with E-state index in [0.717, 1.165) is 30.6 Å². The van der Waals surface area contributed by atoms with Crippen LogP contribution in [0.15, 0.2) is 54.6 Å². The molecule has 3 aliphatic rings. The molecule has 3 heterocycles. The molecule has 3 N–H and O–H groups in total. The molecule has 0 unspecified atom stereocenters. The number of hydrogen-bond donors (Lipinski definition) is 3. The van der Waals surface area contributed by atoms with Gasteiger partial charge in [0.25, 0.3) is 0 Å². The van der Waals surface area contributed by atoms with Crippen LogP contribution in [0.25, 0.3) is 0 Å². The maximum absolute atomic E-state index is 13.5. The number of alkyl carbamates (subject to hydrolysis) is 1. The smallest absolute Gasteiger partial charge is 0.407 e. The number of carbonyl (C=O) groups excluding carboxylic acids is 4. The maximum Gasteiger partial charge on any atom is 0.407 e. The molecule has 3 aliphatic heterocycles. The first-order valence-corrected chi connectivity index (χ1v) is 18.1. The first-order chi connectivity index (χ1) is 24.6. The van der Waals surface area contributed by atoms with E-state index in [2.05, 4.69) is 52.3 Å². The Morgan fingerprint density at radius 3 is 2.39 bits per heavy atom. The molecular formula is C38H53N5O8. The van der Waals surface area contributed by atoms with Crippen molar-refractivity contribution in [1.82, 2.24) is 25.8 Å². The second-order valence-corrected chi connectivity index (χ2v) is 14.3. The Kier molecular flexibility index (Phi) is 13.5. The highest BCUT2D eigenvalue weighted by molar-refractivity contribution is 5.79. The average Bonchev–Trinajstić information content (AvgIpc) is 3.11. The standard InChI is InChI=1S/C38H53N5O8/c1-38(2,3)51-36(46)40-16-22-48-21-15-33(44)39-17-23-49-30-11-7-10-29(24-30)35(27-8-5-4-6-9-27)28-12-18-42(19-13-28)37(47)43-20-14-32-31(25-43)41-34(45)26-50-32/h4-11,24,28,31-32,35H,12-23,25-26H2,1-3H3,(H,39,44)(H,40,46)(H,41,45)/t31-,32+,35-/m1/s1. The number of morpholine rings is 1. The number of carbonyl (C=O) groups is 4. The molecule has 5 amide bonds. The molecular weight excluding hydrogens is 654 g/mol. The van der Waals surface area contributed by atoms with Crippen molar-refractivity contribution in [3.05, 3.63) is 65.7 Å². The molecule has 2 aromatic carbocycles. The van der Waals surface area contributed by atoms with Gasteiger partial charge in [-0.3, -0.25) is 9.59 Å². The summed E-state index contributed by atoms with van der Waals surface area (Å²) in [6.45, 7) is 9.43. The number of nitrogens with zero attached hydrogens (tertiary/aromatic N) is 2. The first-order valence-electron chi connectivity index (χ1n) is 18.1. The van der Waals surface area contributed by atoms with Gasteiger partial charge in [-0.05, 0) is 69.2 Å². The molecule has 51 heavy (non-hydrogen) atoms. The van der Waals surface area contributed by atoms with E-state index < -0.39 is 11.7 Å². The first kappa shape index (κ1) is 37.9. The van der Waals surface area contributed by atoms with E-state index in [-0.39, 0.29) is 62.2 Å². The quantitative estimate of drug-likeness (QED) is 0.268. The van der Waals surface area contributed by atoms with Gasteiger partial charge in [-0.15, -0.1) is 0 Å². The fraction of sp³-hybridized carbons (Fsp3) is 0.579. The fourth-order valence-electron chi connectivity index (χ4n) is 6.95. The third kappa shape index (κ3) is 11.6. The van der Waals surface area contributed by atoms with Crippen LogP contribution >= 0.6 is 0 Å². The molecule has 0 spiro atoms. The lowest BCUT2D eigenvalue weighted by Crippen LogP contribution is -2.62. The van der Waals surface area contributed by atoms with Crippen LogP contribution in [0.1, 0.15) is 63.5 Å². The van der Waals surface area contributed by atoms with E-state index in [9.17, 15) is 19.2 Å². The molecule has 278 valence electrons. The van der Waals surface area contributed by atoms with Crippen LogP contribution in [0.3, 0.4) is 0 Å². The SMILES string of the molecule is CC(C)(C)OC(=O)NCCOCCC(=O)NCCOc1cccc([C@H](c2ccccc2)C2CCN(C(=O)N3CC[C@@H]4OCC(=O)N[C@@H]4C3)CC2)c1. The number of amides is 5. The van der Waals surface area contributed by atoms with Gasteiger partial charge in [0.2, 0.25) is 11.8 Å². The van der Waals surface area contributed by atoms with Crippen molar-refractivity contribution in [1.29, 1.82) is 0 Å². The van der Waals surface area contributed by atoms with Crippen molar-refractivity contribution in [3.63, 3.8) is 0 Å². The van der Waals surface area contributed by atoms with Gasteiger partial charge >= 0.3 is 12.1 Å². The van der Waals surface area contributed by atoms with Gasteiger partial charge in [-0.1, -0.05) is 42.5 Å². The summed E-state index contributed by atoms with van der Waals surface area (Å²) in [6, 6.07) is 18.5. The van der Waals surface area contributed by atoms with E-state index in [1.807, 2.05) is 28.0 Å². The highest BCUT2D eigenvalue weighted by Crippen LogP contribution is 2.39. The molecule has 0 aromatic heterocycles. The zero-order valence-electron chi connectivity index (χ0n) is 30.1. The van der Waals surface area contributed by atoms with Crippen LogP contribution in [-0.2, 0) is 23.8 Å². The minimum absolute atomic E-state index is 0.0265. The zero-order chi connectivity index (χ0) is 36.2. The average molecular weight is 708 g/mol. The lowest BCUT2D eigenvalue weighted by atomic mass is 9.76. The molecule has 3 atom stereocenters. The predicted octanol–water partition coefficient (Wildman–Crippen LogP) is 3.67. The molecule has 3 saturated heterocycles. The number of rotatable bonds is 13. The highest BCUT2D eigenvalue weighted by atomic mass is 16.6. The summed E-state index contributed by atoms with van der Waals surface area (Å²) in [5.41, 5.74) is 1.82. The number of ether oxygens (including phenoxy) is 4. The second kappa shape index (κ2) is 18.2. The van der Waals surface area contributed by atoms with Gasteiger partial charge in [0.1, 0.15) is 24.6 Å². The highest BCUT2D eigenvalue weighted by Gasteiger charge is 2.38. The zero-order valence-corrected chi connectivity index (χ0v) is 30.1. The maximum atomic E-state index is 13.5. The Balaban J connectivity index is 1.06. The Labute approximate surface area is 300 Å². The predicted molar refractivity (Wildman–Crippen MR) is 190 cm³/mol. The number of likely N-dealkylation sites (tertiary alicyclic amines) is 2. The summed E-state index contributed by atoms with van der Waals surface area (Å²) >= 11 is 0. The molecule has 0 bridgehead atoms. The molecule has 13 nitrogen and oxygen atoms in total. The molecule has 13 heteroatoms. The van der Waals surface area contributed by atoms with Crippen LogP contribution in [0, 0.1) is 5.92 Å². The van der Waals surface area contributed by atoms with Crippen LogP contribution in [-0.4, -0.2) is 117 Å². The van der Waals surface area contributed by atoms with Gasteiger partial charge in [0.05, 0.1) is 31.9 Å². The molecule has 0 radical (unpaired) electrons. The third-order valence-corrected chi connectivity index (χ3v) is 9.33. The van der Waals surface area contributed by atoms with E-state index in [1.165, 1.54) is 5.56 Å². The van der Waals surface area contributed by atoms with Crippen LogP contribution in [0.2, 0.25) is 0 Å². The van der Waals surface area contributed by atoms with Crippen molar-refractivity contribution < 1.29 is 38.1 Å². The Hall–Kier alpha value is -4.36. The number of hydrogen-bond acceptors (Lipinski definition) is 8. The molecule has 2 aromatic rings. The lowest BCUT2D eigenvalue weighted by Gasteiger charge is -2.44. The summed E-state index contributed by atoms with van der Waals surface area (Å²) in [4.78, 5) is 53.1. The van der Waals surface area contributed by atoms with E-state index in [1.54, 1.807) is 20.8 Å².